The second kappa shape index (κ2) is 7.52. The molecule has 2 aromatic carbocycles. The van der Waals surface area contributed by atoms with Gasteiger partial charge >= 0.3 is 12.1 Å². The molecule has 0 fully saturated rings. The standard InChI is InChI=1S/C19H12F3N3O3/c20-19(21,22)13-5-3-4-12(10-13)18(27)28-11-16-24-15-7-2-1-6-14(15)17(26)25(16)9-8-23/h1-7,10H,9,11H2. The van der Waals surface area contributed by atoms with E-state index in [2.05, 4.69) is 4.98 Å². The van der Waals surface area contributed by atoms with E-state index in [1.807, 2.05) is 6.07 Å². The number of benzene rings is 2. The summed E-state index contributed by atoms with van der Waals surface area (Å²) in [5.41, 5.74) is -1.39. The molecule has 3 aromatic rings. The minimum atomic E-state index is -4.59. The molecule has 9 heteroatoms. The van der Waals surface area contributed by atoms with Crippen LogP contribution in [0, 0.1) is 11.3 Å². The first-order valence-electron chi connectivity index (χ1n) is 8.01. The minimum absolute atomic E-state index is 0.0191. The Balaban J connectivity index is 1.89. The van der Waals surface area contributed by atoms with Crippen molar-refractivity contribution in [1.29, 1.82) is 5.26 Å². The number of hydrogen-bond acceptors (Lipinski definition) is 5. The Morgan fingerprint density at radius 3 is 2.64 bits per heavy atom. The molecule has 0 N–H and O–H groups in total. The van der Waals surface area contributed by atoms with Crippen LogP contribution in [0.4, 0.5) is 13.2 Å². The van der Waals surface area contributed by atoms with Gasteiger partial charge in [0, 0.05) is 0 Å². The third-order valence-electron chi connectivity index (χ3n) is 3.93. The van der Waals surface area contributed by atoms with E-state index < -0.39 is 29.9 Å². The minimum Gasteiger partial charge on any atom is -0.454 e. The average molecular weight is 387 g/mol. The van der Waals surface area contributed by atoms with Crippen molar-refractivity contribution in [2.75, 3.05) is 0 Å². The van der Waals surface area contributed by atoms with Crippen molar-refractivity contribution in [2.24, 2.45) is 0 Å². The third kappa shape index (κ3) is 3.86. The van der Waals surface area contributed by atoms with Crippen LogP contribution >= 0.6 is 0 Å². The van der Waals surface area contributed by atoms with Gasteiger partial charge in [0.1, 0.15) is 13.2 Å². The number of esters is 1. The number of fused-ring (bicyclic) bond motifs is 1. The van der Waals surface area contributed by atoms with E-state index in [4.69, 9.17) is 10.00 Å². The topological polar surface area (TPSA) is 85.0 Å². The van der Waals surface area contributed by atoms with Crippen LogP contribution in [0.15, 0.2) is 53.3 Å². The van der Waals surface area contributed by atoms with Gasteiger partial charge in [-0.3, -0.25) is 9.36 Å². The van der Waals surface area contributed by atoms with E-state index in [1.165, 1.54) is 6.07 Å². The molecule has 0 unspecified atom stereocenters. The highest BCUT2D eigenvalue weighted by atomic mass is 19.4. The van der Waals surface area contributed by atoms with Crippen molar-refractivity contribution in [3.8, 4) is 6.07 Å². The summed E-state index contributed by atoms with van der Waals surface area (Å²) < 4.78 is 44.4. The fourth-order valence-corrected chi connectivity index (χ4v) is 2.59. The summed E-state index contributed by atoms with van der Waals surface area (Å²) >= 11 is 0. The predicted octanol–water partition coefficient (Wildman–Crippen LogP) is 3.30. The van der Waals surface area contributed by atoms with Gasteiger partial charge in [-0.15, -0.1) is 0 Å². The zero-order valence-corrected chi connectivity index (χ0v) is 14.2. The van der Waals surface area contributed by atoms with Gasteiger partial charge in [0.25, 0.3) is 5.56 Å². The number of nitriles is 1. The molecule has 6 nitrogen and oxygen atoms in total. The van der Waals surface area contributed by atoms with E-state index in [0.717, 1.165) is 16.7 Å². The van der Waals surface area contributed by atoms with Crippen molar-refractivity contribution in [3.63, 3.8) is 0 Å². The quantitative estimate of drug-likeness (QED) is 0.642. The van der Waals surface area contributed by atoms with E-state index in [-0.39, 0.29) is 17.9 Å². The van der Waals surface area contributed by atoms with Gasteiger partial charge in [0.15, 0.2) is 5.82 Å². The number of para-hydroxylation sites is 1. The number of hydrogen-bond donors (Lipinski definition) is 0. The normalized spacial score (nSPS) is 11.2. The van der Waals surface area contributed by atoms with Crippen molar-refractivity contribution in [2.45, 2.75) is 19.3 Å². The van der Waals surface area contributed by atoms with Gasteiger partial charge < -0.3 is 4.74 Å². The highest BCUT2D eigenvalue weighted by Crippen LogP contribution is 2.29. The number of alkyl halides is 3. The predicted molar refractivity (Wildman–Crippen MR) is 92.2 cm³/mol. The fraction of sp³-hybridized carbons (Fsp3) is 0.158. The van der Waals surface area contributed by atoms with Crippen LogP contribution in [0.1, 0.15) is 21.7 Å². The molecular weight excluding hydrogens is 375 g/mol. The molecule has 0 radical (unpaired) electrons. The Morgan fingerprint density at radius 1 is 1.18 bits per heavy atom. The summed E-state index contributed by atoms with van der Waals surface area (Å²) in [6.45, 7) is -0.788. The lowest BCUT2D eigenvalue weighted by molar-refractivity contribution is -0.137. The molecule has 1 aromatic heterocycles. The number of carbonyl (C=O) groups is 1. The molecule has 0 spiro atoms. The number of rotatable bonds is 4. The highest BCUT2D eigenvalue weighted by Gasteiger charge is 2.31. The zero-order valence-electron chi connectivity index (χ0n) is 14.2. The molecule has 0 bridgehead atoms. The van der Waals surface area contributed by atoms with Crippen LogP contribution in [0.3, 0.4) is 0 Å². The second-order valence-electron chi connectivity index (χ2n) is 5.75. The van der Waals surface area contributed by atoms with Crippen LogP contribution in [0.5, 0.6) is 0 Å². The molecule has 0 aliphatic heterocycles. The maximum atomic E-state index is 12.8. The molecular formula is C19H12F3N3O3. The van der Waals surface area contributed by atoms with E-state index in [9.17, 15) is 22.8 Å². The van der Waals surface area contributed by atoms with Crippen molar-refractivity contribution in [1.82, 2.24) is 9.55 Å². The highest BCUT2D eigenvalue weighted by molar-refractivity contribution is 5.89. The first-order valence-corrected chi connectivity index (χ1v) is 8.01. The van der Waals surface area contributed by atoms with E-state index in [0.29, 0.717) is 17.0 Å². The van der Waals surface area contributed by atoms with Gasteiger partial charge in [-0.25, -0.2) is 9.78 Å². The monoisotopic (exact) mass is 387 g/mol. The number of carbonyl (C=O) groups excluding carboxylic acids is 1. The maximum Gasteiger partial charge on any atom is 0.416 e. The van der Waals surface area contributed by atoms with Crippen molar-refractivity contribution < 1.29 is 22.7 Å². The molecule has 0 aliphatic carbocycles. The Morgan fingerprint density at radius 2 is 1.93 bits per heavy atom. The third-order valence-corrected chi connectivity index (χ3v) is 3.93. The summed E-state index contributed by atoms with van der Waals surface area (Å²) in [6.07, 6.45) is -4.59. The summed E-state index contributed by atoms with van der Waals surface area (Å²) in [4.78, 5) is 28.9. The lowest BCUT2D eigenvalue weighted by atomic mass is 10.1. The summed E-state index contributed by atoms with van der Waals surface area (Å²) in [7, 11) is 0. The van der Waals surface area contributed by atoms with Gasteiger partial charge in [-0.2, -0.15) is 18.4 Å². The molecule has 0 saturated heterocycles. The van der Waals surface area contributed by atoms with Gasteiger partial charge in [0.2, 0.25) is 0 Å². The van der Waals surface area contributed by atoms with Crippen molar-refractivity contribution in [3.05, 3.63) is 75.8 Å². The molecule has 0 aliphatic rings. The van der Waals surface area contributed by atoms with Gasteiger partial charge in [-0.05, 0) is 30.3 Å². The van der Waals surface area contributed by atoms with Crippen LogP contribution in [0.25, 0.3) is 10.9 Å². The first-order chi connectivity index (χ1) is 13.3. The average Bonchev–Trinajstić information content (AvgIpc) is 2.68. The summed E-state index contributed by atoms with van der Waals surface area (Å²) in [5, 5.41) is 9.25. The zero-order chi connectivity index (χ0) is 20.3. The van der Waals surface area contributed by atoms with Gasteiger partial charge in [-0.1, -0.05) is 18.2 Å². The Bertz CT molecular complexity index is 1150. The summed E-state index contributed by atoms with van der Waals surface area (Å²) in [6, 6.07) is 12.1. The van der Waals surface area contributed by atoms with Gasteiger partial charge in [0.05, 0.1) is 28.1 Å². The van der Waals surface area contributed by atoms with Crippen LogP contribution < -0.4 is 5.56 Å². The second-order valence-corrected chi connectivity index (χ2v) is 5.75. The largest absolute Gasteiger partial charge is 0.454 e. The Labute approximate surface area is 156 Å². The fourth-order valence-electron chi connectivity index (χ4n) is 2.59. The number of aromatic nitrogens is 2. The molecule has 142 valence electrons. The molecule has 3 rings (SSSR count). The SMILES string of the molecule is N#CCn1c(COC(=O)c2cccc(C(F)(F)F)c2)nc2ccccc2c1=O. The maximum absolute atomic E-state index is 12.8. The van der Waals surface area contributed by atoms with Crippen molar-refractivity contribution >= 4 is 16.9 Å². The van der Waals surface area contributed by atoms with E-state index in [1.54, 1.807) is 24.3 Å². The van der Waals surface area contributed by atoms with Crippen LogP contribution in [0.2, 0.25) is 0 Å². The van der Waals surface area contributed by atoms with E-state index >= 15 is 0 Å². The molecule has 0 atom stereocenters. The smallest absolute Gasteiger partial charge is 0.416 e. The Kier molecular flexibility index (Phi) is 5.13. The Hall–Kier alpha value is -3.67. The molecule has 0 amide bonds. The molecule has 1 heterocycles. The van der Waals surface area contributed by atoms with Crippen LogP contribution in [-0.2, 0) is 24.1 Å². The first kappa shape index (κ1) is 19.1. The summed E-state index contributed by atoms with van der Waals surface area (Å²) in [5.74, 6) is -0.984. The number of nitrogens with zero attached hydrogens (tertiary/aromatic N) is 3. The molecule has 0 saturated carbocycles. The molecule has 28 heavy (non-hydrogen) atoms. The lowest BCUT2D eigenvalue weighted by Crippen LogP contribution is -2.26. The number of halogens is 3. The lowest BCUT2D eigenvalue weighted by Gasteiger charge is -2.12. The number of ether oxygens (including phenoxy) is 1. The van der Waals surface area contributed by atoms with Crippen LogP contribution in [-0.4, -0.2) is 15.5 Å².